The number of benzene rings is 1. The lowest BCUT2D eigenvalue weighted by molar-refractivity contribution is -0.160. The molecule has 18 heteroatoms. The number of nitrogens with zero attached hydrogens (tertiary/aromatic N) is 3. The van der Waals surface area contributed by atoms with E-state index < -0.39 is 72.7 Å². The Balaban J connectivity index is 1.21. The van der Waals surface area contributed by atoms with E-state index >= 15 is 0 Å². The molecule has 6 rings (SSSR count). The summed E-state index contributed by atoms with van der Waals surface area (Å²) in [6, 6.07) is 7.70. The number of ketones is 1. The van der Waals surface area contributed by atoms with Crippen LogP contribution in [-0.4, -0.2) is 89.7 Å². The molecule has 10 nitrogen and oxygen atoms in total. The Morgan fingerprint density at radius 2 is 1.71 bits per heavy atom. The first-order chi connectivity index (χ1) is 27.4. The minimum Gasteiger partial charge on any atom is -0.493 e. The van der Waals surface area contributed by atoms with E-state index in [0.29, 0.717) is 61.7 Å². The van der Waals surface area contributed by atoms with Gasteiger partial charge in [0.1, 0.15) is 27.9 Å². The summed E-state index contributed by atoms with van der Waals surface area (Å²) in [5, 5.41) is 0.735. The molecule has 2 amide bonds. The van der Waals surface area contributed by atoms with E-state index in [1.165, 1.54) is 4.90 Å². The number of carbonyl (C=O) groups excluding carboxylic acids is 3. The molecule has 2 aliphatic heterocycles. The van der Waals surface area contributed by atoms with Crippen molar-refractivity contribution < 1.29 is 58.6 Å². The Hall–Kier alpha value is -4.19. The second kappa shape index (κ2) is 17.6. The Morgan fingerprint density at radius 3 is 2.36 bits per heavy atom. The number of Topliss-reactive ketones (excluding diaryl/α,β-unsaturated/α-hetero) is 1. The summed E-state index contributed by atoms with van der Waals surface area (Å²) in [4.78, 5) is 46.9. The summed E-state index contributed by atoms with van der Waals surface area (Å²) >= 11 is 0.386. The van der Waals surface area contributed by atoms with Crippen LogP contribution in [0.3, 0.4) is 0 Å². The normalized spacial score (nSPS) is 20.8. The highest BCUT2D eigenvalue weighted by molar-refractivity contribution is 7.93. The monoisotopic (exact) mass is 857 g/mol. The lowest BCUT2D eigenvalue weighted by Crippen LogP contribution is -2.68. The summed E-state index contributed by atoms with van der Waals surface area (Å²) in [5.74, 6) is -2.11. The molecular weight excluding hydrogens is 813 g/mol. The van der Waals surface area contributed by atoms with Crippen LogP contribution in [0.5, 0.6) is 11.5 Å². The van der Waals surface area contributed by atoms with Crippen LogP contribution in [0.25, 0.3) is 0 Å². The van der Waals surface area contributed by atoms with Crippen LogP contribution in [0, 0.1) is 0 Å². The summed E-state index contributed by atoms with van der Waals surface area (Å²) < 4.78 is 120. The fourth-order valence-corrected chi connectivity index (χ4v) is 10.4. The van der Waals surface area contributed by atoms with E-state index in [1.54, 1.807) is 24.0 Å². The third-order valence-corrected chi connectivity index (χ3v) is 14.1. The van der Waals surface area contributed by atoms with Crippen molar-refractivity contribution in [3.8, 4) is 11.5 Å². The number of carbonyl (C=O) groups is 3. The second-order valence-electron chi connectivity index (χ2n) is 15.1. The van der Waals surface area contributed by atoms with E-state index in [9.17, 15) is 49.1 Å². The maximum absolute atomic E-state index is 14.9. The first kappa shape index (κ1) is 43.4. The number of hydrogen-bond acceptors (Lipinski definition) is 9. The van der Waals surface area contributed by atoms with Crippen LogP contribution in [0.15, 0.2) is 54.2 Å². The number of para-hydroxylation sites is 1. The number of aromatic nitrogens is 1. The van der Waals surface area contributed by atoms with E-state index in [-0.39, 0.29) is 69.4 Å². The van der Waals surface area contributed by atoms with Crippen molar-refractivity contribution in [2.45, 2.75) is 106 Å². The molecule has 0 N–H and O–H groups in total. The zero-order valence-electron chi connectivity index (χ0n) is 31.8. The molecule has 0 radical (unpaired) electrons. The SMILES string of the molecule is CCC[C@H]1N(C(=O)c2cnccc2C(F)(F)F)CCC[C@@]1(Oc1csc(C(F)(F)F)c1)C(=O)N1CCC(c2ccccc2OCCCC(=O)CS(=O)(=O)C2CC2)CC1. The maximum atomic E-state index is 14.9. The van der Waals surface area contributed by atoms with E-state index in [4.69, 9.17) is 9.47 Å². The first-order valence-corrected chi connectivity index (χ1v) is 22.0. The quantitative estimate of drug-likeness (QED) is 0.111. The van der Waals surface area contributed by atoms with E-state index in [2.05, 4.69) is 4.98 Å². The highest BCUT2D eigenvalue weighted by atomic mass is 32.2. The minimum absolute atomic E-state index is 0.00224. The van der Waals surface area contributed by atoms with Crippen LogP contribution < -0.4 is 9.47 Å². The van der Waals surface area contributed by atoms with Crippen molar-refractivity contribution >= 4 is 38.8 Å². The van der Waals surface area contributed by atoms with Crippen molar-refractivity contribution in [3.63, 3.8) is 0 Å². The Bertz CT molecular complexity index is 2060. The van der Waals surface area contributed by atoms with Gasteiger partial charge in [0.2, 0.25) is 5.60 Å². The highest BCUT2D eigenvalue weighted by Crippen LogP contribution is 2.44. The molecule has 2 saturated heterocycles. The number of hydrogen-bond donors (Lipinski definition) is 0. The fourth-order valence-electron chi connectivity index (χ4n) is 8.01. The molecular formula is C40H45F6N3O7S2. The molecule has 0 spiro atoms. The van der Waals surface area contributed by atoms with Crippen LogP contribution >= 0.6 is 11.3 Å². The van der Waals surface area contributed by atoms with Gasteiger partial charge in [-0.1, -0.05) is 31.5 Å². The largest absolute Gasteiger partial charge is 0.493 e. The van der Waals surface area contributed by atoms with Gasteiger partial charge in [-0.25, -0.2) is 8.42 Å². The number of pyridine rings is 1. The standard InChI is InChI=1S/C40H45F6N3O7S2/c1-2-7-34-38(56-28-22-35(57-24-28)40(44,45)46,16-6-18-49(34)36(51)31-23-47-17-13-32(31)39(41,42)43)37(52)48-19-14-26(15-20-48)30-9-3-4-10-33(30)55-21-5-8-27(50)25-58(53,54)29-11-12-29/h3-4,9-10,13,17,22-24,26,29,34H,2,5-8,11-12,14-16,18-21,25H2,1H3/t34-,38+/m1/s1. The van der Waals surface area contributed by atoms with Gasteiger partial charge >= 0.3 is 12.4 Å². The average molecular weight is 858 g/mol. The summed E-state index contributed by atoms with van der Waals surface area (Å²) in [6.07, 6.45) is -4.70. The number of sulfone groups is 1. The van der Waals surface area contributed by atoms with Crippen molar-refractivity contribution in [3.05, 3.63) is 75.7 Å². The van der Waals surface area contributed by atoms with Gasteiger partial charge in [0, 0.05) is 56.3 Å². The molecule has 58 heavy (non-hydrogen) atoms. The number of piperidine rings is 2. The van der Waals surface area contributed by atoms with Gasteiger partial charge in [-0.3, -0.25) is 19.4 Å². The molecule has 2 atom stereocenters. The molecule has 1 saturated carbocycles. The zero-order valence-corrected chi connectivity index (χ0v) is 33.5. The lowest BCUT2D eigenvalue weighted by atomic mass is 9.79. The molecule has 1 aliphatic carbocycles. The van der Waals surface area contributed by atoms with Gasteiger partial charge < -0.3 is 19.3 Å². The molecule has 316 valence electrons. The maximum Gasteiger partial charge on any atom is 0.425 e. The smallest absolute Gasteiger partial charge is 0.425 e. The predicted octanol–water partition coefficient (Wildman–Crippen LogP) is 8.11. The third kappa shape index (κ3) is 9.80. The summed E-state index contributed by atoms with van der Waals surface area (Å²) in [7, 11) is -3.39. The number of halogens is 6. The number of alkyl halides is 6. The number of rotatable bonds is 15. The van der Waals surface area contributed by atoms with Crippen LogP contribution in [0.2, 0.25) is 0 Å². The van der Waals surface area contributed by atoms with E-state index in [0.717, 1.165) is 29.4 Å². The highest BCUT2D eigenvalue weighted by Gasteiger charge is 2.56. The Morgan fingerprint density at radius 1 is 0.983 bits per heavy atom. The number of thiophene rings is 1. The van der Waals surface area contributed by atoms with Crippen LogP contribution in [0.4, 0.5) is 26.3 Å². The number of likely N-dealkylation sites (tertiary alicyclic amines) is 2. The van der Waals surface area contributed by atoms with Crippen molar-refractivity contribution in [2.24, 2.45) is 0 Å². The topological polar surface area (TPSA) is 123 Å². The lowest BCUT2D eigenvalue weighted by Gasteiger charge is -2.50. The first-order valence-electron chi connectivity index (χ1n) is 19.4. The molecule has 0 unspecified atom stereocenters. The third-order valence-electron chi connectivity index (χ3n) is 11.0. The van der Waals surface area contributed by atoms with Gasteiger partial charge in [0.25, 0.3) is 11.8 Å². The minimum atomic E-state index is -4.88. The Labute approximate surface area is 336 Å². The predicted molar refractivity (Wildman–Crippen MR) is 202 cm³/mol. The molecule has 4 heterocycles. The van der Waals surface area contributed by atoms with Gasteiger partial charge in [0.05, 0.1) is 29.0 Å². The van der Waals surface area contributed by atoms with Gasteiger partial charge in [-0.05, 0) is 68.6 Å². The molecule has 1 aromatic carbocycles. The zero-order chi connectivity index (χ0) is 41.9. The van der Waals surface area contributed by atoms with Gasteiger partial charge in [0.15, 0.2) is 9.84 Å². The molecule has 0 bridgehead atoms. The Kier molecular flexibility index (Phi) is 13.1. The molecule has 2 aromatic heterocycles. The summed E-state index contributed by atoms with van der Waals surface area (Å²) in [6.45, 7) is 2.35. The average Bonchev–Trinajstić information content (AvgIpc) is 3.95. The van der Waals surface area contributed by atoms with Crippen molar-refractivity contribution in [1.82, 2.24) is 14.8 Å². The fraction of sp³-hybridized carbons (Fsp3) is 0.550. The van der Waals surface area contributed by atoms with Crippen LogP contribution in [0.1, 0.15) is 103 Å². The number of amides is 2. The number of ether oxygens (including phenoxy) is 2. The van der Waals surface area contributed by atoms with Gasteiger partial charge in [-0.15, -0.1) is 11.3 Å². The van der Waals surface area contributed by atoms with Gasteiger partial charge in [-0.2, -0.15) is 26.3 Å². The molecule has 3 aliphatic rings. The van der Waals surface area contributed by atoms with E-state index in [1.807, 2.05) is 12.1 Å². The summed E-state index contributed by atoms with van der Waals surface area (Å²) in [5.41, 5.74) is -2.95. The molecule has 3 aromatic rings. The molecule has 3 fully saturated rings. The van der Waals surface area contributed by atoms with Crippen molar-refractivity contribution in [2.75, 3.05) is 32.0 Å². The van der Waals surface area contributed by atoms with Crippen molar-refractivity contribution in [1.29, 1.82) is 0 Å². The van der Waals surface area contributed by atoms with Crippen LogP contribution in [-0.2, 0) is 31.8 Å². The second-order valence-corrected chi connectivity index (χ2v) is 18.3.